The molecule has 8 heterocycles. The summed E-state index contributed by atoms with van der Waals surface area (Å²) in [5.41, 5.74) is 19.9. The van der Waals surface area contributed by atoms with E-state index in [1.807, 2.05) is 121 Å². The minimum Gasteiger partial charge on any atom is -0.455 e. The SMILES string of the molecule is c1ccc(-c2cc(-c3ccc4c(c3)oc3c(-c5nc(-c6ccccc6)c6sc7ccccc7c6n5)cccc34)nc(-c3ccccc3)n2)cc1.c1ccc(-c2cc(-c3cccc4c3oc3cccc(-c5nc(-c6ccccc6)c6sc7ccccc7c6n5)c34)nc(-c3ccccc3)n2)cc1. The molecule has 0 bridgehead atoms. The van der Waals surface area contributed by atoms with Crippen molar-refractivity contribution in [2.45, 2.75) is 0 Å². The lowest BCUT2D eigenvalue weighted by atomic mass is 10.0. The molecule has 468 valence electrons. The maximum atomic E-state index is 6.74. The zero-order chi connectivity index (χ0) is 66.0. The van der Waals surface area contributed by atoms with Crippen LogP contribution in [0.1, 0.15) is 0 Å². The summed E-state index contributed by atoms with van der Waals surface area (Å²) in [7, 11) is 0. The van der Waals surface area contributed by atoms with Crippen molar-refractivity contribution < 1.29 is 8.83 Å². The van der Waals surface area contributed by atoms with E-state index in [-0.39, 0.29) is 0 Å². The highest BCUT2D eigenvalue weighted by Crippen LogP contribution is 2.46. The molecule has 12 aromatic carbocycles. The van der Waals surface area contributed by atoms with Gasteiger partial charge in [-0.25, -0.2) is 39.9 Å². The summed E-state index contributed by atoms with van der Waals surface area (Å²) in [4.78, 5) is 41.1. The monoisotopic (exact) mass is 1320 g/mol. The third-order valence-corrected chi connectivity index (χ3v) is 20.6. The van der Waals surface area contributed by atoms with Gasteiger partial charge in [0.1, 0.15) is 22.3 Å². The summed E-state index contributed by atoms with van der Waals surface area (Å²) in [6, 6.07) is 107. The summed E-state index contributed by atoms with van der Waals surface area (Å²) in [5.74, 6) is 2.64. The van der Waals surface area contributed by atoms with Crippen molar-refractivity contribution in [2.24, 2.45) is 0 Å². The van der Waals surface area contributed by atoms with Gasteiger partial charge < -0.3 is 8.83 Å². The number of benzene rings is 12. The molecule has 8 aromatic heterocycles. The topological polar surface area (TPSA) is 129 Å². The highest BCUT2D eigenvalue weighted by Gasteiger charge is 2.25. The number of rotatable bonds is 10. The zero-order valence-electron chi connectivity index (χ0n) is 53.2. The molecule has 0 atom stereocenters. The Bertz CT molecular complexity index is 6410. The van der Waals surface area contributed by atoms with E-state index in [9.17, 15) is 0 Å². The lowest BCUT2D eigenvalue weighted by Crippen LogP contribution is -1.96. The maximum Gasteiger partial charge on any atom is 0.164 e. The molecule has 0 aliphatic heterocycles. The van der Waals surface area contributed by atoms with Gasteiger partial charge in [0.15, 0.2) is 23.3 Å². The minimum atomic E-state index is 0.639. The van der Waals surface area contributed by atoms with Crippen molar-refractivity contribution in [2.75, 3.05) is 0 Å². The molecule has 0 N–H and O–H groups in total. The highest BCUT2D eigenvalue weighted by atomic mass is 32.1. The lowest BCUT2D eigenvalue weighted by molar-refractivity contribution is 0.669. The number of aromatic nitrogens is 8. The first-order valence-electron chi connectivity index (χ1n) is 33.0. The van der Waals surface area contributed by atoms with Gasteiger partial charge in [-0.15, -0.1) is 22.7 Å². The van der Waals surface area contributed by atoms with Gasteiger partial charge in [0.05, 0.1) is 60.2 Å². The Morgan fingerprint density at radius 3 is 1.18 bits per heavy atom. The number of hydrogen-bond donors (Lipinski definition) is 0. The third kappa shape index (κ3) is 10.4. The molecular weight excluding hydrogens is 1270 g/mol. The van der Waals surface area contributed by atoms with E-state index in [1.54, 1.807) is 22.7 Å². The molecule has 0 saturated carbocycles. The Labute approximate surface area is 580 Å². The smallest absolute Gasteiger partial charge is 0.164 e. The van der Waals surface area contributed by atoms with Crippen LogP contribution in [-0.4, -0.2) is 39.9 Å². The molecule has 100 heavy (non-hydrogen) atoms. The van der Waals surface area contributed by atoms with E-state index in [1.165, 1.54) is 9.40 Å². The largest absolute Gasteiger partial charge is 0.455 e. The van der Waals surface area contributed by atoms with E-state index in [0.29, 0.717) is 23.3 Å². The van der Waals surface area contributed by atoms with Crippen LogP contribution in [0.3, 0.4) is 0 Å². The van der Waals surface area contributed by atoms with Crippen molar-refractivity contribution in [3.05, 3.63) is 315 Å². The molecule has 0 amide bonds. The van der Waals surface area contributed by atoms with Gasteiger partial charge in [-0.2, -0.15) is 0 Å². The molecule has 0 radical (unpaired) electrons. The van der Waals surface area contributed by atoms with Crippen LogP contribution in [0.25, 0.3) is 198 Å². The van der Waals surface area contributed by atoms with Crippen LogP contribution < -0.4 is 0 Å². The fourth-order valence-corrected chi connectivity index (χ4v) is 15.8. The van der Waals surface area contributed by atoms with Crippen molar-refractivity contribution in [3.8, 4) is 113 Å². The van der Waals surface area contributed by atoms with Crippen LogP contribution in [0.4, 0.5) is 0 Å². The van der Waals surface area contributed by atoms with E-state index in [0.717, 1.165) is 165 Å². The van der Waals surface area contributed by atoms with Gasteiger partial charge >= 0.3 is 0 Å². The van der Waals surface area contributed by atoms with Crippen molar-refractivity contribution in [3.63, 3.8) is 0 Å². The fraction of sp³-hybridized carbons (Fsp3) is 0. The first kappa shape index (κ1) is 58.4. The summed E-state index contributed by atoms with van der Waals surface area (Å²) < 4.78 is 18.0. The van der Waals surface area contributed by atoms with Gasteiger partial charge in [-0.1, -0.05) is 261 Å². The Balaban J connectivity index is 0.000000139. The first-order chi connectivity index (χ1) is 49.5. The molecule has 10 nitrogen and oxygen atoms in total. The quantitative estimate of drug-likeness (QED) is 0.130. The lowest BCUT2D eigenvalue weighted by Gasteiger charge is -2.10. The van der Waals surface area contributed by atoms with Crippen molar-refractivity contribution in [1.82, 2.24) is 39.9 Å². The van der Waals surface area contributed by atoms with Crippen LogP contribution in [-0.2, 0) is 0 Å². The number of thiophene rings is 2. The molecule has 0 fully saturated rings. The zero-order valence-corrected chi connectivity index (χ0v) is 54.9. The van der Waals surface area contributed by atoms with Crippen LogP contribution in [0.5, 0.6) is 0 Å². The first-order valence-corrected chi connectivity index (χ1v) is 34.6. The number of hydrogen-bond acceptors (Lipinski definition) is 12. The molecule has 20 aromatic rings. The average Bonchev–Trinajstić information content (AvgIpc) is 1.58. The molecule has 20 rings (SSSR count). The van der Waals surface area contributed by atoms with Crippen molar-refractivity contribution >= 4 is 107 Å². The minimum absolute atomic E-state index is 0.639. The van der Waals surface area contributed by atoms with Gasteiger partial charge in [0, 0.05) is 91.8 Å². The van der Waals surface area contributed by atoms with Crippen LogP contribution >= 0.6 is 22.7 Å². The third-order valence-electron chi connectivity index (χ3n) is 18.3. The second kappa shape index (κ2) is 24.6. The Kier molecular flexibility index (Phi) is 14.3. The Morgan fingerprint density at radius 2 is 0.630 bits per heavy atom. The van der Waals surface area contributed by atoms with E-state index < -0.39 is 0 Å². The molecule has 0 saturated heterocycles. The number of fused-ring (bicyclic) bond motifs is 12. The number of nitrogens with zero attached hydrogens (tertiary/aromatic N) is 8. The average molecular weight is 1320 g/mol. The molecule has 0 aliphatic carbocycles. The molecular formula is C88H52N8O2S2. The number of furan rings is 2. The summed E-state index contributed by atoms with van der Waals surface area (Å²) in [6.45, 7) is 0. The van der Waals surface area contributed by atoms with E-state index in [2.05, 4.69) is 194 Å². The van der Waals surface area contributed by atoms with Gasteiger partial charge in [0.2, 0.25) is 0 Å². The molecule has 12 heteroatoms. The van der Waals surface area contributed by atoms with E-state index in [4.69, 9.17) is 48.7 Å². The van der Waals surface area contributed by atoms with Gasteiger partial charge in [-0.3, -0.25) is 0 Å². The van der Waals surface area contributed by atoms with Gasteiger partial charge in [-0.05, 0) is 54.6 Å². The molecule has 0 unspecified atom stereocenters. The van der Waals surface area contributed by atoms with Crippen LogP contribution in [0.2, 0.25) is 0 Å². The fourth-order valence-electron chi connectivity index (χ4n) is 13.5. The summed E-state index contributed by atoms with van der Waals surface area (Å²) >= 11 is 3.47. The number of para-hydroxylation sites is 2. The normalized spacial score (nSPS) is 11.6. The maximum absolute atomic E-state index is 6.74. The second-order valence-corrected chi connectivity index (χ2v) is 26.5. The second-order valence-electron chi connectivity index (χ2n) is 24.4. The Morgan fingerprint density at radius 1 is 0.230 bits per heavy atom. The predicted molar refractivity (Wildman–Crippen MR) is 410 cm³/mol. The van der Waals surface area contributed by atoms with E-state index >= 15 is 0 Å². The molecule has 0 spiro atoms. The predicted octanol–water partition coefficient (Wildman–Crippen LogP) is 23.7. The molecule has 0 aliphatic rings. The van der Waals surface area contributed by atoms with Crippen LogP contribution in [0, 0.1) is 0 Å². The van der Waals surface area contributed by atoms with Crippen LogP contribution in [0.15, 0.2) is 324 Å². The standard InChI is InChI=1S/2C44H26N4OS/c1-4-14-27(15-5-1)34-26-35(46-43(45-34)29-18-8-3-9-19-29)30-21-12-22-32-38-33(23-13-24-36(38)49-41(30)32)44-47-39(28-16-6-2-7-17-28)42-40(48-44)31-20-10-11-25-37(31)50-42;1-4-13-27(14-5-1)35-26-36(46-43(45-35)29-17-8-3-9-18-29)30-23-24-31-32-20-12-21-34(41(32)49-37(31)25-30)44-47-39(28-15-6-2-7-16-28)42-40(48-44)33-19-10-11-22-38(33)50-42/h2*1-26H. The highest BCUT2D eigenvalue weighted by molar-refractivity contribution is 7.26. The Hall–Kier alpha value is -13.0. The summed E-state index contributed by atoms with van der Waals surface area (Å²) in [6.07, 6.45) is 0. The summed E-state index contributed by atoms with van der Waals surface area (Å²) in [5, 5.41) is 6.26. The van der Waals surface area contributed by atoms with Gasteiger partial charge in [0.25, 0.3) is 0 Å². The van der Waals surface area contributed by atoms with Crippen molar-refractivity contribution in [1.29, 1.82) is 0 Å².